The summed E-state index contributed by atoms with van der Waals surface area (Å²) in [6.45, 7) is 4.00. The summed E-state index contributed by atoms with van der Waals surface area (Å²) in [4.78, 5) is 6.55. The number of hydrogen-bond donors (Lipinski definition) is 0. The maximum absolute atomic E-state index is 13.3. The summed E-state index contributed by atoms with van der Waals surface area (Å²) in [5.41, 5.74) is 3.76. The zero-order valence-corrected chi connectivity index (χ0v) is 17.7. The summed E-state index contributed by atoms with van der Waals surface area (Å²) >= 11 is 6.15. The number of pyridine rings is 1. The van der Waals surface area contributed by atoms with Gasteiger partial charge in [0.1, 0.15) is 5.82 Å². The highest BCUT2D eigenvalue weighted by Crippen LogP contribution is 2.34. The Morgan fingerprint density at radius 1 is 1.00 bits per heavy atom. The van der Waals surface area contributed by atoms with Gasteiger partial charge in [-0.3, -0.25) is 4.90 Å². The van der Waals surface area contributed by atoms with Crippen LogP contribution < -0.4 is 4.74 Å². The van der Waals surface area contributed by atoms with Crippen molar-refractivity contribution < 1.29 is 9.13 Å². The molecular formula is C23H26ClFN2O. The van der Waals surface area contributed by atoms with Crippen molar-refractivity contribution in [2.24, 2.45) is 0 Å². The molecule has 0 aliphatic heterocycles. The second-order valence-electron chi connectivity index (χ2n) is 6.25. The Morgan fingerprint density at radius 2 is 1.68 bits per heavy atom. The molecule has 3 nitrogen and oxygen atoms in total. The van der Waals surface area contributed by atoms with Crippen LogP contribution in [0.25, 0.3) is 11.1 Å². The lowest BCUT2D eigenvalue weighted by Crippen LogP contribution is -2.21. The fourth-order valence-corrected chi connectivity index (χ4v) is 3.27. The van der Waals surface area contributed by atoms with Gasteiger partial charge in [0.05, 0.1) is 13.2 Å². The number of ether oxygens (including phenoxy) is 1. The van der Waals surface area contributed by atoms with E-state index in [9.17, 15) is 4.39 Å². The minimum atomic E-state index is -0.251. The maximum Gasteiger partial charge on any atom is 0.221 e. The summed E-state index contributed by atoms with van der Waals surface area (Å²) in [5.74, 6) is 0.284. The molecule has 148 valence electrons. The molecule has 0 aliphatic carbocycles. The smallest absolute Gasteiger partial charge is 0.221 e. The van der Waals surface area contributed by atoms with E-state index in [4.69, 9.17) is 16.3 Å². The lowest BCUT2D eigenvalue weighted by atomic mass is 9.96. The van der Waals surface area contributed by atoms with Gasteiger partial charge in [0.2, 0.25) is 5.88 Å². The van der Waals surface area contributed by atoms with E-state index >= 15 is 0 Å². The molecule has 3 rings (SSSR count). The van der Waals surface area contributed by atoms with Crippen molar-refractivity contribution in [3.8, 4) is 17.0 Å². The maximum atomic E-state index is 13.3. The highest BCUT2D eigenvalue weighted by molar-refractivity contribution is 6.30. The van der Waals surface area contributed by atoms with Crippen LogP contribution in [0, 0.1) is 5.82 Å². The van der Waals surface area contributed by atoms with E-state index in [1.54, 1.807) is 25.4 Å². The van der Waals surface area contributed by atoms with Gasteiger partial charge in [0.25, 0.3) is 0 Å². The van der Waals surface area contributed by atoms with Gasteiger partial charge in [-0.2, -0.15) is 0 Å². The molecule has 1 unspecified atom stereocenters. The van der Waals surface area contributed by atoms with E-state index in [1.807, 2.05) is 58.3 Å². The molecule has 0 N–H and O–H groups in total. The number of nitrogens with zero attached hydrogens (tertiary/aromatic N) is 2. The predicted molar refractivity (Wildman–Crippen MR) is 115 cm³/mol. The zero-order valence-electron chi connectivity index (χ0n) is 16.9. The fourth-order valence-electron chi connectivity index (χ4n) is 3.08. The van der Waals surface area contributed by atoms with Crippen LogP contribution in [0.4, 0.5) is 4.39 Å². The molecule has 0 amide bonds. The molecule has 0 fully saturated rings. The molecule has 0 spiro atoms. The third kappa shape index (κ3) is 5.09. The molecule has 5 heteroatoms. The number of rotatable bonds is 5. The van der Waals surface area contributed by atoms with Gasteiger partial charge in [0, 0.05) is 16.8 Å². The van der Waals surface area contributed by atoms with Crippen LogP contribution in [0.5, 0.6) is 5.88 Å². The molecule has 0 bridgehead atoms. The SMILES string of the molecule is CC.COc1ncc(C(c2ccc(F)cc2)N(C)C)cc1-c1cccc(Cl)c1. The van der Waals surface area contributed by atoms with E-state index in [2.05, 4.69) is 9.88 Å². The van der Waals surface area contributed by atoms with Crippen LogP contribution in [0.15, 0.2) is 60.8 Å². The van der Waals surface area contributed by atoms with Crippen molar-refractivity contribution in [3.63, 3.8) is 0 Å². The van der Waals surface area contributed by atoms with Gasteiger partial charge in [0.15, 0.2) is 0 Å². The van der Waals surface area contributed by atoms with Crippen LogP contribution >= 0.6 is 11.6 Å². The molecule has 0 saturated heterocycles. The van der Waals surface area contributed by atoms with Crippen LogP contribution in [-0.2, 0) is 0 Å². The van der Waals surface area contributed by atoms with E-state index in [-0.39, 0.29) is 11.9 Å². The number of aromatic nitrogens is 1. The van der Waals surface area contributed by atoms with Gasteiger partial charge < -0.3 is 4.74 Å². The molecule has 1 heterocycles. The topological polar surface area (TPSA) is 25.4 Å². The molecule has 28 heavy (non-hydrogen) atoms. The largest absolute Gasteiger partial charge is 0.481 e. The monoisotopic (exact) mass is 400 g/mol. The number of hydrogen-bond acceptors (Lipinski definition) is 3. The Bertz CT molecular complexity index is 897. The lowest BCUT2D eigenvalue weighted by Gasteiger charge is -2.26. The van der Waals surface area contributed by atoms with Crippen LogP contribution in [0.2, 0.25) is 5.02 Å². The third-order valence-corrected chi connectivity index (χ3v) is 4.45. The normalized spacial score (nSPS) is 11.6. The van der Waals surface area contributed by atoms with Gasteiger partial charge in [-0.1, -0.05) is 49.7 Å². The Hall–Kier alpha value is -2.43. The number of methoxy groups -OCH3 is 1. The van der Waals surface area contributed by atoms with Crippen molar-refractivity contribution in [1.29, 1.82) is 0 Å². The summed E-state index contributed by atoms with van der Waals surface area (Å²) < 4.78 is 18.8. The second-order valence-corrected chi connectivity index (χ2v) is 6.69. The van der Waals surface area contributed by atoms with E-state index < -0.39 is 0 Å². The molecule has 1 aromatic heterocycles. The minimum Gasteiger partial charge on any atom is -0.481 e. The highest BCUT2D eigenvalue weighted by atomic mass is 35.5. The first-order valence-corrected chi connectivity index (χ1v) is 9.59. The standard InChI is InChI=1S/C21H20ClFN2O.C2H6/c1-25(2)20(14-7-9-18(23)10-8-14)16-12-19(21(26-3)24-13-16)15-5-4-6-17(22)11-15;1-2/h4-13,20H,1-3H3;1-2H3. The van der Waals surface area contributed by atoms with Crippen molar-refractivity contribution >= 4 is 11.6 Å². The first-order chi connectivity index (χ1) is 13.5. The summed E-state index contributed by atoms with van der Waals surface area (Å²) in [7, 11) is 5.56. The third-order valence-electron chi connectivity index (χ3n) is 4.22. The number of benzene rings is 2. The van der Waals surface area contributed by atoms with Gasteiger partial charge in [-0.25, -0.2) is 9.37 Å². The van der Waals surface area contributed by atoms with E-state index in [0.717, 1.165) is 22.3 Å². The number of halogens is 2. The first kappa shape index (κ1) is 21.9. The molecular weight excluding hydrogens is 375 g/mol. The van der Waals surface area contributed by atoms with Crippen LogP contribution in [-0.4, -0.2) is 31.1 Å². The molecule has 2 aromatic carbocycles. The Labute approximate surface area is 171 Å². The summed E-state index contributed by atoms with van der Waals surface area (Å²) in [5, 5.41) is 0.651. The van der Waals surface area contributed by atoms with Crippen LogP contribution in [0.1, 0.15) is 31.0 Å². The Morgan fingerprint density at radius 3 is 2.25 bits per heavy atom. The molecule has 1 atom stereocenters. The molecule has 0 radical (unpaired) electrons. The minimum absolute atomic E-state index is 0.0630. The Balaban J connectivity index is 0.00000136. The fraction of sp³-hybridized carbons (Fsp3) is 0.261. The van der Waals surface area contributed by atoms with Crippen LogP contribution in [0.3, 0.4) is 0 Å². The summed E-state index contributed by atoms with van der Waals surface area (Å²) in [6.07, 6.45) is 1.79. The molecule has 3 aromatic rings. The lowest BCUT2D eigenvalue weighted by molar-refractivity contribution is 0.340. The Kier molecular flexibility index (Phi) is 7.97. The zero-order chi connectivity index (χ0) is 20.7. The second kappa shape index (κ2) is 10.2. The van der Waals surface area contributed by atoms with Crippen molar-refractivity contribution in [3.05, 3.63) is 82.8 Å². The first-order valence-electron chi connectivity index (χ1n) is 9.21. The van der Waals surface area contributed by atoms with Gasteiger partial charge in [-0.15, -0.1) is 0 Å². The average Bonchev–Trinajstić information content (AvgIpc) is 2.71. The van der Waals surface area contributed by atoms with Gasteiger partial charge >= 0.3 is 0 Å². The molecule has 0 aliphatic rings. The van der Waals surface area contributed by atoms with E-state index in [0.29, 0.717) is 10.9 Å². The molecule has 0 saturated carbocycles. The van der Waals surface area contributed by atoms with Crippen molar-refractivity contribution in [2.45, 2.75) is 19.9 Å². The predicted octanol–water partition coefficient (Wildman–Crippen LogP) is 6.23. The highest BCUT2D eigenvalue weighted by Gasteiger charge is 2.20. The quantitative estimate of drug-likeness (QED) is 0.507. The average molecular weight is 401 g/mol. The van der Waals surface area contributed by atoms with Crippen molar-refractivity contribution in [2.75, 3.05) is 21.2 Å². The van der Waals surface area contributed by atoms with Gasteiger partial charge in [-0.05, 0) is 61.1 Å². The van der Waals surface area contributed by atoms with Crippen molar-refractivity contribution in [1.82, 2.24) is 9.88 Å². The van der Waals surface area contributed by atoms with E-state index in [1.165, 1.54) is 12.1 Å². The summed E-state index contributed by atoms with van der Waals surface area (Å²) in [6, 6.07) is 16.1.